The first kappa shape index (κ1) is 24.9. The number of rotatable bonds is 4. The summed E-state index contributed by atoms with van der Waals surface area (Å²) in [7, 11) is 1.79. The molecule has 2 saturated heterocycles. The van der Waals surface area contributed by atoms with E-state index in [9.17, 15) is 4.79 Å². The van der Waals surface area contributed by atoms with Crippen LogP contribution < -0.4 is 5.32 Å². The predicted octanol–water partition coefficient (Wildman–Crippen LogP) is 2.35. The maximum atomic E-state index is 12.9. The number of carbonyl (C=O) groups excluding carboxylic acids is 1. The smallest absolute Gasteiger partial charge is 0.242 e. The van der Waals surface area contributed by atoms with E-state index in [2.05, 4.69) is 68.6 Å². The van der Waals surface area contributed by atoms with Crippen molar-refractivity contribution in [3.8, 4) is 0 Å². The molecule has 7 nitrogen and oxygen atoms in total. The Balaban J connectivity index is 0.00000274. The Hall–Kier alpha value is -2.17. The van der Waals surface area contributed by atoms with Gasteiger partial charge in [-0.2, -0.15) is 0 Å². The Morgan fingerprint density at radius 3 is 2.59 bits per heavy atom. The van der Waals surface area contributed by atoms with Crippen molar-refractivity contribution in [1.29, 1.82) is 0 Å². The van der Waals surface area contributed by atoms with Crippen molar-refractivity contribution < 1.29 is 9.53 Å². The lowest BCUT2D eigenvalue weighted by atomic mass is 10.00. The van der Waals surface area contributed by atoms with E-state index in [4.69, 9.17) is 4.74 Å². The van der Waals surface area contributed by atoms with Crippen molar-refractivity contribution in [2.75, 3.05) is 46.4 Å². The molecule has 3 aliphatic rings. The van der Waals surface area contributed by atoms with Crippen LogP contribution >= 0.6 is 24.0 Å². The van der Waals surface area contributed by atoms with Gasteiger partial charge in [-0.15, -0.1) is 24.0 Å². The normalized spacial score (nSPS) is 22.6. The number of hydrogen-bond donors (Lipinski definition) is 1. The number of carbonyl (C=O) groups is 1. The minimum atomic E-state index is 0. The second kappa shape index (κ2) is 11.5. The van der Waals surface area contributed by atoms with Crippen LogP contribution in [0.15, 0.2) is 59.6 Å². The van der Waals surface area contributed by atoms with Crippen molar-refractivity contribution in [1.82, 2.24) is 20.0 Å². The van der Waals surface area contributed by atoms with Gasteiger partial charge in [0.1, 0.15) is 0 Å². The van der Waals surface area contributed by atoms with Gasteiger partial charge in [-0.05, 0) is 23.1 Å². The van der Waals surface area contributed by atoms with Gasteiger partial charge in [0.05, 0.1) is 25.3 Å². The summed E-state index contributed by atoms with van der Waals surface area (Å²) in [4.78, 5) is 24.1. The Morgan fingerprint density at radius 1 is 1.03 bits per heavy atom. The fraction of sp³-hybridized carbons (Fsp3) is 0.462. The number of guanidine groups is 1. The first-order valence-electron chi connectivity index (χ1n) is 11.9. The molecule has 8 heteroatoms. The lowest BCUT2D eigenvalue weighted by molar-refractivity contribution is -0.130. The van der Waals surface area contributed by atoms with Crippen LogP contribution in [-0.2, 0) is 29.0 Å². The van der Waals surface area contributed by atoms with Gasteiger partial charge in [0.25, 0.3) is 0 Å². The summed E-state index contributed by atoms with van der Waals surface area (Å²) in [6.07, 6.45) is 1.08. The van der Waals surface area contributed by atoms with Gasteiger partial charge >= 0.3 is 0 Å². The molecule has 2 aromatic carbocycles. The molecule has 3 aliphatic heterocycles. The summed E-state index contributed by atoms with van der Waals surface area (Å²) in [5.74, 6) is 0.891. The molecule has 0 aromatic heterocycles. The third kappa shape index (κ3) is 5.55. The Labute approximate surface area is 219 Å². The number of ether oxygens (including phenoxy) is 1. The van der Waals surface area contributed by atoms with Crippen LogP contribution in [0.1, 0.15) is 16.7 Å². The van der Waals surface area contributed by atoms with E-state index in [0.717, 1.165) is 51.7 Å². The van der Waals surface area contributed by atoms with Gasteiger partial charge in [0.15, 0.2) is 5.96 Å². The lowest BCUT2D eigenvalue weighted by Crippen LogP contribution is -2.50. The molecule has 3 heterocycles. The highest BCUT2D eigenvalue weighted by Gasteiger charge is 2.41. The highest BCUT2D eigenvalue weighted by Crippen LogP contribution is 2.25. The zero-order valence-electron chi connectivity index (χ0n) is 19.7. The van der Waals surface area contributed by atoms with E-state index in [0.29, 0.717) is 12.6 Å². The molecule has 1 amide bonds. The van der Waals surface area contributed by atoms with E-state index in [1.165, 1.54) is 16.7 Å². The third-order valence-electron chi connectivity index (χ3n) is 7.04. The Morgan fingerprint density at radius 2 is 1.79 bits per heavy atom. The SMILES string of the molecule is CN=C(NCC(=O)N1CCc2ccccc2C1)N1CC2OCCN(Cc3ccccc3)C2C1.I. The summed E-state index contributed by atoms with van der Waals surface area (Å²) in [5.41, 5.74) is 3.93. The second-order valence-corrected chi connectivity index (χ2v) is 9.07. The second-order valence-electron chi connectivity index (χ2n) is 9.07. The highest BCUT2D eigenvalue weighted by atomic mass is 127. The number of nitrogens with one attached hydrogen (secondary N) is 1. The van der Waals surface area contributed by atoms with Crippen LogP contribution in [0.2, 0.25) is 0 Å². The zero-order valence-corrected chi connectivity index (χ0v) is 22.1. The van der Waals surface area contributed by atoms with Crippen molar-refractivity contribution in [3.05, 3.63) is 71.3 Å². The van der Waals surface area contributed by atoms with Crippen molar-refractivity contribution in [2.45, 2.75) is 31.7 Å². The molecular formula is C26H34IN5O2. The lowest BCUT2D eigenvalue weighted by Gasteiger charge is -2.36. The highest BCUT2D eigenvalue weighted by molar-refractivity contribution is 14.0. The van der Waals surface area contributed by atoms with Crippen molar-refractivity contribution >= 4 is 35.8 Å². The topological polar surface area (TPSA) is 60.4 Å². The molecule has 1 N–H and O–H groups in total. The van der Waals surface area contributed by atoms with Gasteiger partial charge in [0.2, 0.25) is 5.91 Å². The van der Waals surface area contributed by atoms with Crippen LogP contribution in [0.4, 0.5) is 0 Å². The van der Waals surface area contributed by atoms with E-state index < -0.39 is 0 Å². The fourth-order valence-electron chi connectivity index (χ4n) is 5.25. The average Bonchev–Trinajstić information content (AvgIpc) is 3.30. The van der Waals surface area contributed by atoms with Gasteiger partial charge < -0.3 is 19.9 Å². The van der Waals surface area contributed by atoms with Crippen LogP contribution in [-0.4, -0.2) is 85.1 Å². The quantitative estimate of drug-likeness (QED) is 0.345. The van der Waals surface area contributed by atoms with E-state index >= 15 is 0 Å². The van der Waals surface area contributed by atoms with Gasteiger partial charge in [-0.3, -0.25) is 14.7 Å². The molecule has 0 bridgehead atoms. The summed E-state index contributed by atoms with van der Waals surface area (Å²) in [6, 6.07) is 19.3. The van der Waals surface area contributed by atoms with Gasteiger partial charge in [-0.1, -0.05) is 54.6 Å². The molecule has 182 valence electrons. The predicted molar refractivity (Wildman–Crippen MR) is 144 cm³/mol. The third-order valence-corrected chi connectivity index (χ3v) is 7.04. The number of hydrogen-bond acceptors (Lipinski definition) is 4. The molecule has 2 aromatic rings. The van der Waals surface area contributed by atoms with Crippen LogP contribution in [0, 0.1) is 0 Å². The molecule has 34 heavy (non-hydrogen) atoms. The molecule has 0 saturated carbocycles. The van der Waals surface area contributed by atoms with Gasteiger partial charge in [-0.25, -0.2) is 0 Å². The van der Waals surface area contributed by atoms with E-state index in [1.54, 1.807) is 7.05 Å². The minimum Gasteiger partial charge on any atom is -0.373 e. The molecular weight excluding hydrogens is 541 g/mol. The number of morpholine rings is 1. The van der Waals surface area contributed by atoms with Crippen molar-refractivity contribution in [2.24, 2.45) is 4.99 Å². The molecule has 2 unspecified atom stereocenters. The fourth-order valence-corrected chi connectivity index (χ4v) is 5.25. The summed E-state index contributed by atoms with van der Waals surface area (Å²) < 4.78 is 6.11. The van der Waals surface area contributed by atoms with Crippen LogP contribution in [0.3, 0.4) is 0 Å². The van der Waals surface area contributed by atoms with Crippen molar-refractivity contribution in [3.63, 3.8) is 0 Å². The van der Waals surface area contributed by atoms with Gasteiger partial charge in [0, 0.05) is 46.3 Å². The first-order valence-corrected chi connectivity index (χ1v) is 11.9. The first-order chi connectivity index (χ1) is 16.2. The maximum absolute atomic E-state index is 12.9. The molecule has 5 rings (SSSR count). The summed E-state index contributed by atoms with van der Waals surface area (Å²) >= 11 is 0. The van der Waals surface area contributed by atoms with Crippen LogP contribution in [0.5, 0.6) is 0 Å². The molecule has 0 spiro atoms. The number of halogens is 1. The molecule has 2 fully saturated rings. The zero-order chi connectivity index (χ0) is 22.6. The van der Waals surface area contributed by atoms with Crippen LogP contribution in [0.25, 0.3) is 0 Å². The van der Waals surface area contributed by atoms with E-state index in [1.807, 2.05) is 11.0 Å². The summed E-state index contributed by atoms with van der Waals surface area (Å²) in [5, 5.41) is 3.32. The standard InChI is InChI=1S/C26H33N5O2.HI/c1-27-26(28-15-25(32)30-12-11-21-9-5-6-10-22(21)17-30)31-18-23-24(19-31)33-14-13-29(23)16-20-7-3-2-4-8-20;/h2-10,23-24H,11-19H2,1H3,(H,27,28);1H. The number of likely N-dealkylation sites (tertiary alicyclic amines) is 1. The largest absolute Gasteiger partial charge is 0.373 e. The Kier molecular flexibility index (Phi) is 8.44. The summed E-state index contributed by atoms with van der Waals surface area (Å²) in [6.45, 7) is 5.98. The monoisotopic (exact) mass is 575 g/mol. The molecule has 0 radical (unpaired) electrons. The maximum Gasteiger partial charge on any atom is 0.242 e. The minimum absolute atomic E-state index is 0. The molecule has 2 atom stereocenters. The number of fused-ring (bicyclic) bond motifs is 2. The number of amides is 1. The number of benzene rings is 2. The number of nitrogens with zero attached hydrogens (tertiary/aromatic N) is 4. The molecule has 0 aliphatic carbocycles. The van der Waals surface area contributed by atoms with E-state index in [-0.39, 0.29) is 42.5 Å². The Bertz CT molecular complexity index is 1000. The number of aliphatic imine (C=N–C) groups is 1. The average molecular weight is 575 g/mol.